The number of aromatic nitrogens is 3. The van der Waals surface area contributed by atoms with Gasteiger partial charge in [0.1, 0.15) is 5.52 Å². The molecular formula is C31H44N10O7. The average molecular weight is 669 g/mol. The summed E-state index contributed by atoms with van der Waals surface area (Å²) in [7, 11) is 0. The number of nitrogens with zero attached hydrogens (tertiary/aromatic N) is 7. The lowest BCUT2D eigenvalue weighted by molar-refractivity contribution is -0.151. The van der Waals surface area contributed by atoms with Gasteiger partial charge in [-0.05, 0) is 60.1 Å². The van der Waals surface area contributed by atoms with Crippen LogP contribution in [0.1, 0.15) is 67.7 Å². The van der Waals surface area contributed by atoms with Gasteiger partial charge in [0.25, 0.3) is 0 Å². The van der Waals surface area contributed by atoms with Crippen LogP contribution >= 0.6 is 0 Å². The molecule has 0 saturated carbocycles. The third-order valence-electron chi connectivity index (χ3n) is 6.29. The van der Waals surface area contributed by atoms with Crippen molar-refractivity contribution in [3.8, 4) is 0 Å². The van der Waals surface area contributed by atoms with Gasteiger partial charge in [0, 0.05) is 18.6 Å². The Bertz CT molecular complexity index is 1600. The zero-order valence-corrected chi connectivity index (χ0v) is 28.3. The first-order chi connectivity index (χ1) is 22.6. The van der Waals surface area contributed by atoms with Crippen molar-refractivity contribution in [2.45, 2.75) is 79.3 Å². The van der Waals surface area contributed by atoms with Crippen molar-refractivity contribution in [2.24, 2.45) is 21.2 Å². The van der Waals surface area contributed by atoms with Crippen LogP contribution in [0.15, 0.2) is 44.0 Å². The predicted molar refractivity (Wildman–Crippen MR) is 181 cm³/mol. The Hall–Kier alpha value is -5.35. The van der Waals surface area contributed by atoms with E-state index in [1.54, 1.807) is 11.9 Å². The number of hydrazone groups is 1. The van der Waals surface area contributed by atoms with Gasteiger partial charge in [0.2, 0.25) is 5.95 Å². The number of fused-ring (bicyclic) bond motifs is 1. The summed E-state index contributed by atoms with van der Waals surface area (Å²) in [5.74, 6) is -2.47. The minimum Gasteiger partial charge on any atom is -0.481 e. The Kier molecular flexibility index (Phi) is 13.1. The molecule has 0 bridgehead atoms. The zero-order chi connectivity index (χ0) is 35.4. The number of carbonyl (C=O) groups excluding carboxylic acids is 1. The quantitative estimate of drug-likeness (QED) is 0.0299. The zero-order valence-electron chi connectivity index (χ0n) is 28.3. The van der Waals surface area contributed by atoms with Crippen LogP contribution < -0.4 is 21.0 Å². The average Bonchev–Trinajstić information content (AvgIpc) is 3.42. The molecule has 0 amide bonds. The van der Waals surface area contributed by atoms with E-state index in [-0.39, 0.29) is 61.9 Å². The summed E-state index contributed by atoms with van der Waals surface area (Å²) in [6.07, 6.45) is -0.0105. The summed E-state index contributed by atoms with van der Waals surface area (Å²) in [6.45, 7) is 13.2. The molecule has 0 aliphatic rings. The van der Waals surface area contributed by atoms with Crippen molar-refractivity contribution in [3.63, 3.8) is 0 Å². The van der Waals surface area contributed by atoms with E-state index in [1.807, 2.05) is 58.9 Å². The maximum atomic E-state index is 12.0. The topological polar surface area (TPSA) is 229 Å². The summed E-state index contributed by atoms with van der Waals surface area (Å²) < 4.78 is 11.1. The van der Waals surface area contributed by atoms with Gasteiger partial charge in [-0.3, -0.25) is 14.4 Å². The summed E-state index contributed by atoms with van der Waals surface area (Å²) >= 11 is 0. The molecule has 3 aromatic rings. The molecule has 0 aliphatic heterocycles. The Morgan fingerprint density at radius 2 is 1.73 bits per heavy atom. The second kappa shape index (κ2) is 17.0. The maximum Gasteiger partial charge on any atom is 0.319 e. The second-order valence-electron chi connectivity index (χ2n) is 12.2. The highest BCUT2D eigenvalue weighted by Gasteiger charge is 2.21. The highest BCUT2D eigenvalue weighted by molar-refractivity contribution is 5.83. The van der Waals surface area contributed by atoms with Crippen molar-refractivity contribution >= 4 is 64.1 Å². The summed E-state index contributed by atoms with van der Waals surface area (Å²) in [4.78, 5) is 47.7. The first kappa shape index (κ1) is 37.1. The predicted octanol–water partition coefficient (Wildman–Crippen LogP) is 5.50. The van der Waals surface area contributed by atoms with Crippen LogP contribution in [0.25, 0.3) is 11.1 Å². The molecule has 0 aliphatic carbocycles. The van der Waals surface area contributed by atoms with Crippen molar-refractivity contribution in [2.75, 3.05) is 40.7 Å². The van der Waals surface area contributed by atoms with E-state index >= 15 is 0 Å². The molecule has 0 fully saturated rings. The Balaban J connectivity index is 1.89. The van der Waals surface area contributed by atoms with Gasteiger partial charge in [-0.1, -0.05) is 19.1 Å². The van der Waals surface area contributed by atoms with Gasteiger partial charge in [0.15, 0.2) is 28.7 Å². The summed E-state index contributed by atoms with van der Waals surface area (Å²) in [5, 5.41) is 42.5. The highest BCUT2D eigenvalue weighted by Crippen LogP contribution is 2.34. The molecule has 260 valence electrons. The maximum absolute atomic E-state index is 12.0. The molecule has 3 rings (SSSR count). The van der Waals surface area contributed by atoms with Crippen LogP contribution in [0.2, 0.25) is 0 Å². The Morgan fingerprint density at radius 3 is 2.38 bits per heavy atom. The number of carbonyl (C=O) groups is 3. The fraction of sp³-hybridized carbons (Fsp3) is 0.516. The van der Waals surface area contributed by atoms with Gasteiger partial charge in [0.05, 0.1) is 31.4 Å². The number of anilines is 4. The van der Waals surface area contributed by atoms with E-state index in [0.29, 0.717) is 29.4 Å². The number of esters is 1. The molecule has 2 heterocycles. The number of azo groups is 1. The molecule has 0 spiro atoms. The molecule has 1 unspecified atom stereocenters. The molecule has 0 saturated heterocycles. The van der Waals surface area contributed by atoms with Gasteiger partial charge in [-0.2, -0.15) is 20.1 Å². The molecule has 1 aromatic carbocycles. The third kappa shape index (κ3) is 11.8. The SMILES string of the molecule is CC(/N=N\c1c(NCCCOC(=O)CC(C)C(=O)O)nc(NCCC(=O)O)nc1NC(C)(C)C)=N\N(c1nc2ccccc2o1)C(C)C. The minimum absolute atomic E-state index is 0.0452. The molecule has 17 heteroatoms. The van der Waals surface area contributed by atoms with Crippen molar-refractivity contribution in [1.29, 1.82) is 0 Å². The standard InChI is InChI=1S/C31H44N10O7/c1-18(2)41(30-34-21-11-8-9-12-22(21)48-30)40-20(4)38-39-25-26(32-14-10-16-47-24(44)17-19(3)28(45)46)35-29(33-15-13-23(42)43)36-27(25)37-31(5,6)7/h8-9,11-12,18-19H,10,13-17H2,1-7H3,(H,42,43)(H,45,46)(H3,32,33,35,36,37)/b39-38-,40-20+. The van der Waals surface area contributed by atoms with Crippen molar-refractivity contribution < 1.29 is 33.8 Å². The smallest absolute Gasteiger partial charge is 0.319 e. The third-order valence-corrected chi connectivity index (χ3v) is 6.29. The number of hydrogen-bond donors (Lipinski definition) is 5. The number of amidine groups is 1. The van der Waals surface area contributed by atoms with E-state index < -0.39 is 29.4 Å². The molecule has 5 N–H and O–H groups in total. The van der Waals surface area contributed by atoms with E-state index in [9.17, 15) is 14.4 Å². The monoisotopic (exact) mass is 668 g/mol. The van der Waals surface area contributed by atoms with Crippen LogP contribution in [0.4, 0.5) is 29.3 Å². The molecule has 2 aromatic heterocycles. The fourth-order valence-electron chi connectivity index (χ4n) is 3.97. The van der Waals surface area contributed by atoms with E-state index in [2.05, 4.69) is 46.2 Å². The van der Waals surface area contributed by atoms with Crippen LogP contribution in [-0.2, 0) is 19.1 Å². The number of ether oxygens (including phenoxy) is 1. The minimum atomic E-state index is -1.07. The number of carboxylic acid groups (broad SMARTS) is 2. The number of hydrogen-bond acceptors (Lipinski definition) is 14. The molecule has 17 nitrogen and oxygen atoms in total. The molecule has 0 radical (unpaired) electrons. The Labute approximate surface area is 278 Å². The first-order valence-electron chi connectivity index (χ1n) is 15.5. The van der Waals surface area contributed by atoms with Crippen molar-refractivity contribution in [1.82, 2.24) is 15.0 Å². The van der Waals surface area contributed by atoms with E-state index in [4.69, 9.17) is 19.4 Å². The van der Waals surface area contributed by atoms with Crippen LogP contribution in [-0.4, -0.2) is 80.2 Å². The lowest BCUT2D eigenvalue weighted by atomic mass is 10.1. The molecule has 48 heavy (non-hydrogen) atoms. The van der Waals surface area contributed by atoms with Gasteiger partial charge >= 0.3 is 23.9 Å². The highest BCUT2D eigenvalue weighted by atomic mass is 16.5. The normalized spacial score (nSPS) is 12.7. The largest absolute Gasteiger partial charge is 0.481 e. The number of aliphatic carboxylic acids is 2. The molecule has 1 atom stereocenters. The summed E-state index contributed by atoms with van der Waals surface area (Å²) in [5.41, 5.74) is 1.12. The van der Waals surface area contributed by atoms with Crippen molar-refractivity contribution in [3.05, 3.63) is 24.3 Å². The Morgan fingerprint density at radius 1 is 1.02 bits per heavy atom. The number of oxazole rings is 1. The number of benzene rings is 1. The lowest BCUT2D eigenvalue weighted by Crippen LogP contribution is -2.27. The second-order valence-corrected chi connectivity index (χ2v) is 12.2. The van der Waals surface area contributed by atoms with Gasteiger partial charge in [-0.25, -0.2) is 5.01 Å². The van der Waals surface area contributed by atoms with E-state index in [1.165, 1.54) is 6.92 Å². The number of nitrogens with one attached hydrogen (secondary N) is 3. The summed E-state index contributed by atoms with van der Waals surface area (Å²) in [6, 6.07) is 7.58. The number of para-hydroxylation sites is 2. The van der Waals surface area contributed by atoms with Crippen LogP contribution in [0.3, 0.4) is 0 Å². The van der Waals surface area contributed by atoms with Gasteiger partial charge in [-0.15, -0.1) is 10.2 Å². The molecular weight excluding hydrogens is 624 g/mol. The fourth-order valence-corrected chi connectivity index (χ4v) is 3.97. The van der Waals surface area contributed by atoms with E-state index in [0.717, 1.165) is 0 Å². The van der Waals surface area contributed by atoms with Gasteiger partial charge < -0.3 is 35.3 Å². The lowest BCUT2D eigenvalue weighted by Gasteiger charge is -2.23. The number of rotatable bonds is 17. The van der Waals surface area contributed by atoms with Crippen LogP contribution in [0.5, 0.6) is 0 Å². The number of carboxylic acids is 2. The first-order valence-corrected chi connectivity index (χ1v) is 15.5. The van der Waals surface area contributed by atoms with Crippen LogP contribution in [0, 0.1) is 5.92 Å².